The summed E-state index contributed by atoms with van der Waals surface area (Å²) in [5.74, 6) is 1.17. The van der Waals surface area contributed by atoms with Gasteiger partial charge in [0.05, 0.1) is 7.11 Å². The van der Waals surface area contributed by atoms with Crippen LogP contribution in [0.15, 0.2) is 60.7 Å². The van der Waals surface area contributed by atoms with E-state index in [-0.39, 0.29) is 11.8 Å². The lowest BCUT2D eigenvalue weighted by molar-refractivity contribution is -0.118. The maximum Gasteiger partial charge on any atom is 0.226 e. The van der Waals surface area contributed by atoms with E-state index in [1.54, 1.807) is 13.2 Å². The molecule has 0 aliphatic carbocycles. The molecule has 3 rings (SSSR count). The van der Waals surface area contributed by atoms with Crippen LogP contribution in [0.3, 0.4) is 0 Å². The van der Waals surface area contributed by atoms with E-state index < -0.39 is 0 Å². The fourth-order valence-electron chi connectivity index (χ4n) is 3.10. The summed E-state index contributed by atoms with van der Waals surface area (Å²) >= 11 is 6.52. The molecule has 0 saturated heterocycles. The number of ether oxygens (including phenoxy) is 2. The normalized spacial score (nSPS) is 10.7. The standard InChI is InChI=1S/C26H29ClN2O3/c1-17(2)26(30)29-22-10-8-21(9-11-22)28-15-20-13-24(31-4)25(14-23(20)27)32-16-19-7-5-6-18(3)12-19/h5-14,17,28H,15-16H2,1-4H3,(H,29,30). The first-order valence-corrected chi connectivity index (χ1v) is 10.9. The van der Waals surface area contributed by atoms with E-state index in [2.05, 4.69) is 29.7 Å². The van der Waals surface area contributed by atoms with E-state index in [0.29, 0.717) is 29.7 Å². The van der Waals surface area contributed by atoms with E-state index in [9.17, 15) is 4.79 Å². The Labute approximate surface area is 194 Å². The van der Waals surface area contributed by atoms with Crippen LogP contribution in [0.2, 0.25) is 5.02 Å². The van der Waals surface area contributed by atoms with Gasteiger partial charge >= 0.3 is 0 Å². The number of hydrogen-bond donors (Lipinski definition) is 2. The van der Waals surface area contributed by atoms with Gasteiger partial charge in [-0.15, -0.1) is 0 Å². The molecule has 0 bridgehead atoms. The molecule has 1 amide bonds. The Morgan fingerprint density at radius 2 is 1.72 bits per heavy atom. The molecule has 0 unspecified atom stereocenters. The minimum Gasteiger partial charge on any atom is -0.493 e. The zero-order chi connectivity index (χ0) is 23.1. The Morgan fingerprint density at radius 1 is 1.00 bits per heavy atom. The lowest BCUT2D eigenvalue weighted by Gasteiger charge is -2.15. The first-order chi connectivity index (χ1) is 15.4. The van der Waals surface area contributed by atoms with Crippen LogP contribution in [0, 0.1) is 12.8 Å². The lowest BCUT2D eigenvalue weighted by atomic mass is 10.1. The second-order valence-electron chi connectivity index (χ2n) is 7.95. The van der Waals surface area contributed by atoms with Gasteiger partial charge in [-0.25, -0.2) is 0 Å². The van der Waals surface area contributed by atoms with Gasteiger partial charge in [0.25, 0.3) is 0 Å². The predicted molar refractivity (Wildman–Crippen MR) is 131 cm³/mol. The number of carbonyl (C=O) groups is 1. The highest BCUT2D eigenvalue weighted by Crippen LogP contribution is 2.34. The molecule has 0 spiro atoms. The third-order valence-corrected chi connectivity index (χ3v) is 5.32. The Kier molecular flexibility index (Phi) is 8.01. The van der Waals surface area contributed by atoms with E-state index >= 15 is 0 Å². The van der Waals surface area contributed by atoms with Crippen LogP contribution >= 0.6 is 11.6 Å². The van der Waals surface area contributed by atoms with Gasteiger partial charge in [-0.1, -0.05) is 55.3 Å². The molecule has 168 valence electrons. The largest absolute Gasteiger partial charge is 0.493 e. The summed E-state index contributed by atoms with van der Waals surface area (Å²) in [7, 11) is 1.62. The van der Waals surface area contributed by atoms with Crippen LogP contribution in [0.1, 0.15) is 30.5 Å². The van der Waals surface area contributed by atoms with Crippen molar-refractivity contribution in [1.82, 2.24) is 0 Å². The molecule has 0 aromatic heterocycles. The van der Waals surface area contributed by atoms with Crippen LogP contribution in [0.5, 0.6) is 11.5 Å². The van der Waals surface area contributed by atoms with Crippen LogP contribution in [0.4, 0.5) is 11.4 Å². The molecule has 2 N–H and O–H groups in total. The number of carbonyl (C=O) groups excluding carboxylic acids is 1. The van der Waals surface area contributed by atoms with Gasteiger partial charge in [-0.2, -0.15) is 0 Å². The van der Waals surface area contributed by atoms with Crippen molar-refractivity contribution < 1.29 is 14.3 Å². The number of benzene rings is 3. The van der Waals surface area contributed by atoms with Gasteiger partial charge in [0.2, 0.25) is 5.91 Å². The zero-order valence-corrected chi connectivity index (χ0v) is 19.6. The van der Waals surface area contributed by atoms with E-state index in [1.165, 1.54) is 5.56 Å². The Balaban J connectivity index is 1.63. The fraction of sp³-hybridized carbons (Fsp3) is 0.269. The molecule has 3 aromatic rings. The molecule has 0 aliphatic heterocycles. The summed E-state index contributed by atoms with van der Waals surface area (Å²) in [6.07, 6.45) is 0. The SMILES string of the molecule is COc1cc(CNc2ccc(NC(=O)C(C)C)cc2)c(Cl)cc1OCc1cccc(C)c1. The van der Waals surface area contributed by atoms with Gasteiger partial charge in [0, 0.05) is 34.9 Å². The first-order valence-electron chi connectivity index (χ1n) is 10.5. The van der Waals surface area contributed by atoms with Gasteiger partial charge in [-0.3, -0.25) is 4.79 Å². The summed E-state index contributed by atoms with van der Waals surface area (Å²) in [6, 6.07) is 19.4. The average molecular weight is 453 g/mol. The number of halogens is 1. The van der Waals surface area contributed by atoms with Crippen molar-refractivity contribution in [3.05, 3.63) is 82.4 Å². The van der Waals surface area contributed by atoms with Gasteiger partial charge in [0.15, 0.2) is 11.5 Å². The lowest BCUT2D eigenvalue weighted by Crippen LogP contribution is -2.17. The second kappa shape index (κ2) is 10.9. The van der Waals surface area contributed by atoms with Gasteiger partial charge in [-0.05, 0) is 48.4 Å². The number of rotatable bonds is 9. The number of methoxy groups -OCH3 is 1. The molecule has 6 heteroatoms. The number of amides is 1. The summed E-state index contributed by atoms with van der Waals surface area (Å²) in [4.78, 5) is 11.8. The zero-order valence-electron chi connectivity index (χ0n) is 18.9. The predicted octanol–water partition coefficient (Wildman–Crippen LogP) is 6.44. The Bertz CT molecular complexity index is 1070. The van der Waals surface area contributed by atoms with Crippen LogP contribution in [0.25, 0.3) is 0 Å². The Hall–Kier alpha value is -3.18. The van der Waals surface area contributed by atoms with Gasteiger partial charge in [0.1, 0.15) is 6.61 Å². The highest BCUT2D eigenvalue weighted by Gasteiger charge is 2.12. The maximum atomic E-state index is 11.8. The fourth-order valence-corrected chi connectivity index (χ4v) is 3.32. The molecule has 0 saturated carbocycles. The second-order valence-corrected chi connectivity index (χ2v) is 8.35. The topological polar surface area (TPSA) is 59.6 Å². The summed E-state index contributed by atoms with van der Waals surface area (Å²) in [6.45, 7) is 6.74. The number of hydrogen-bond acceptors (Lipinski definition) is 4. The number of aryl methyl sites for hydroxylation is 1. The Morgan fingerprint density at radius 3 is 2.38 bits per heavy atom. The molecule has 0 atom stereocenters. The highest BCUT2D eigenvalue weighted by molar-refractivity contribution is 6.31. The van der Waals surface area contributed by atoms with Crippen molar-refractivity contribution in [3.8, 4) is 11.5 Å². The van der Waals surface area contributed by atoms with Crippen molar-refractivity contribution in [2.75, 3.05) is 17.7 Å². The minimum absolute atomic E-state index is 0.00528. The van der Waals surface area contributed by atoms with Crippen molar-refractivity contribution >= 4 is 28.9 Å². The summed E-state index contributed by atoms with van der Waals surface area (Å²) in [5, 5.41) is 6.82. The van der Waals surface area contributed by atoms with Crippen molar-refractivity contribution in [1.29, 1.82) is 0 Å². The minimum atomic E-state index is -0.0614. The number of nitrogens with one attached hydrogen (secondary N) is 2. The smallest absolute Gasteiger partial charge is 0.226 e. The van der Waals surface area contributed by atoms with Crippen LogP contribution in [-0.4, -0.2) is 13.0 Å². The summed E-state index contributed by atoms with van der Waals surface area (Å²) < 4.78 is 11.5. The average Bonchev–Trinajstić information content (AvgIpc) is 2.78. The van der Waals surface area contributed by atoms with Crippen LogP contribution < -0.4 is 20.1 Å². The highest BCUT2D eigenvalue weighted by atomic mass is 35.5. The van der Waals surface area contributed by atoms with Gasteiger partial charge < -0.3 is 20.1 Å². The quantitative estimate of drug-likeness (QED) is 0.392. The molecular formula is C26H29ClN2O3. The molecule has 3 aromatic carbocycles. The summed E-state index contributed by atoms with van der Waals surface area (Å²) in [5.41, 5.74) is 4.85. The van der Waals surface area contributed by atoms with E-state index in [1.807, 2.05) is 56.3 Å². The molecule has 5 nitrogen and oxygen atoms in total. The van der Waals surface area contributed by atoms with Crippen molar-refractivity contribution in [2.24, 2.45) is 5.92 Å². The molecule has 0 aliphatic rings. The monoisotopic (exact) mass is 452 g/mol. The third kappa shape index (κ3) is 6.41. The van der Waals surface area contributed by atoms with Crippen LogP contribution in [-0.2, 0) is 17.9 Å². The number of anilines is 2. The van der Waals surface area contributed by atoms with E-state index in [4.69, 9.17) is 21.1 Å². The molecule has 0 radical (unpaired) electrons. The molecule has 0 fully saturated rings. The third-order valence-electron chi connectivity index (χ3n) is 4.97. The molecular weight excluding hydrogens is 424 g/mol. The van der Waals surface area contributed by atoms with Crippen molar-refractivity contribution in [2.45, 2.75) is 33.9 Å². The van der Waals surface area contributed by atoms with E-state index in [0.717, 1.165) is 22.5 Å². The molecule has 0 heterocycles. The molecule has 32 heavy (non-hydrogen) atoms. The first kappa shape index (κ1) is 23.5. The van der Waals surface area contributed by atoms with Crippen molar-refractivity contribution in [3.63, 3.8) is 0 Å². The maximum absolute atomic E-state index is 11.8.